The number of nitrogens with zero attached hydrogens (tertiary/aromatic N) is 5. The van der Waals surface area contributed by atoms with Crippen molar-refractivity contribution in [2.75, 3.05) is 20.2 Å². The van der Waals surface area contributed by atoms with Crippen molar-refractivity contribution < 1.29 is 9.53 Å². The third-order valence-electron chi connectivity index (χ3n) is 4.47. The zero-order chi connectivity index (χ0) is 17.6. The van der Waals surface area contributed by atoms with Crippen LogP contribution in [0.4, 0.5) is 4.79 Å². The maximum atomic E-state index is 12.6. The normalized spacial score (nSPS) is 13.8. The summed E-state index contributed by atoms with van der Waals surface area (Å²) in [6.45, 7) is 1.33. The summed E-state index contributed by atoms with van der Waals surface area (Å²) in [5.74, 6) is 1.18. The SMILES string of the molecule is COc1ccc(-c2ncc3c(n2)n(C(=O)N2CCC2)c(=O)n3C)cc1. The summed E-state index contributed by atoms with van der Waals surface area (Å²) in [5, 5.41) is 0. The molecule has 3 aromatic rings. The molecule has 0 unspecified atom stereocenters. The van der Waals surface area contributed by atoms with E-state index in [1.165, 1.54) is 4.57 Å². The van der Waals surface area contributed by atoms with Gasteiger partial charge in [0.15, 0.2) is 11.5 Å². The Bertz CT molecular complexity index is 1020. The Morgan fingerprint density at radius 3 is 2.52 bits per heavy atom. The van der Waals surface area contributed by atoms with Gasteiger partial charge < -0.3 is 9.64 Å². The summed E-state index contributed by atoms with van der Waals surface area (Å²) in [6, 6.07) is 6.96. The molecule has 0 N–H and O–H groups in total. The summed E-state index contributed by atoms with van der Waals surface area (Å²) < 4.78 is 7.67. The van der Waals surface area contributed by atoms with Gasteiger partial charge in [-0.15, -0.1) is 0 Å². The number of aromatic nitrogens is 4. The molecule has 1 aromatic carbocycles. The van der Waals surface area contributed by atoms with E-state index in [4.69, 9.17) is 4.74 Å². The van der Waals surface area contributed by atoms with Gasteiger partial charge in [0, 0.05) is 25.7 Å². The Labute approximate surface area is 143 Å². The molecular weight excluding hydrogens is 322 g/mol. The number of benzene rings is 1. The van der Waals surface area contributed by atoms with Crippen LogP contribution in [-0.4, -0.2) is 50.2 Å². The molecule has 0 atom stereocenters. The van der Waals surface area contributed by atoms with Crippen LogP contribution in [0.25, 0.3) is 22.6 Å². The summed E-state index contributed by atoms with van der Waals surface area (Å²) in [5.41, 5.74) is 1.22. The lowest BCUT2D eigenvalue weighted by atomic mass is 10.2. The summed E-state index contributed by atoms with van der Waals surface area (Å²) in [7, 11) is 3.21. The number of ether oxygens (including phenoxy) is 1. The Balaban J connectivity index is 1.86. The van der Waals surface area contributed by atoms with Crippen LogP contribution < -0.4 is 10.4 Å². The molecule has 1 saturated heterocycles. The average Bonchev–Trinajstić information content (AvgIpc) is 2.84. The number of fused-ring (bicyclic) bond motifs is 1. The van der Waals surface area contributed by atoms with Crippen molar-refractivity contribution >= 4 is 17.2 Å². The van der Waals surface area contributed by atoms with Gasteiger partial charge in [-0.25, -0.2) is 19.6 Å². The Hall–Kier alpha value is -3.16. The number of aryl methyl sites for hydroxylation is 1. The predicted octanol–water partition coefficient (Wildman–Crippen LogP) is 1.48. The average molecular weight is 339 g/mol. The lowest BCUT2D eigenvalue weighted by molar-refractivity contribution is 0.169. The monoisotopic (exact) mass is 339 g/mol. The molecule has 0 spiro atoms. The Morgan fingerprint density at radius 1 is 1.20 bits per heavy atom. The first kappa shape index (κ1) is 15.4. The van der Waals surface area contributed by atoms with Gasteiger partial charge in [0.1, 0.15) is 11.3 Å². The van der Waals surface area contributed by atoms with Gasteiger partial charge in [0.25, 0.3) is 0 Å². The number of hydrogen-bond acceptors (Lipinski definition) is 5. The number of rotatable bonds is 2. The highest BCUT2D eigenvalue weighted by Gasteiger charge is 2.27. The van der Waals surface area contributed by atoms with Crippen LogP contribution in [0.2, 0.25) is 0 Å². The minimum Gasteiger partial charge on any atom is -0.497 e. The third-order valence-corrected chi connectivity index (χ3v) is 4.47. The predicted molar refractivity (Wildman–Crippen MR) is 91.7 cm³/mol. The van der Waals surface area contributed by atoms with Gasteiger partial charge in [-0.05, 0) is 30.7 Å². The molecule has 8 heteroatoms. The number of carbonyl (C=O) groups excluding carboxylic acids is 1. The zero-order valence-electron chi connectivity index (χ0n) is 14.0. The molecule has 0 bridgehead atoms. The first-order valence-corrected chi connectivity index (χ1v) is 7.98. The summed E-state index contributed by atoms with van der Waals surface area (Å²) >= 11 is 0. The fourth-order valence-corrected chi connectivity index (χ4v) is 2.81. The van der Waals surface area contributed by atoms with Gasteiger partial charge in [-0.2, -0.15) is 4.57 Å². The molecular formula is C17H17N5O3. The molecule has 128 valence electrons. The van der Waals surface area contributed by atoms with Crippen molar-refractivity contribution in [1.82, 2.24) is 24.0 Å². The van der Waals surface area contributed by atoms with Crippen LogP contribution in [0.15, 0.2) is 35.3 Å². The molecule has 2 aromatic heterocycles. The van der Waals surface area contributed by atoms with Crippen LogP contribution >= 0.6 is 0 Å². The van der Waals surface area contributed by atoms with Crippen molar-refractivity contribution in [2.45, 2.75) is 6.42 Å². The largest absolute Gasteiger partial charge is 0.497 e. The fraction of sp³-hybridized carbons (Fsp3) is 0.294. The number of methoxy groups -OCH3 is 1. The topological polar surface area (TPSA) is 82.2 Å². The van der Waals surface area contributed by atoms with Crippen molar-refractivity contribution in [2.24, 2.45) is 7.05 Å². The van der Waals surface area contributed by atoms with Crippen molar-refractivity contribution in [3.8, 4) is 17.1 Å². The number of hydrogen-bond donors (Lipinski definition) is 0. The van der Waals surface area contributed by atoms with Crippen molar-refractivity contribution in [3.63, 3.8) is 0 Å². The number of amides is 1. The minimum absolute atomic E-state index is 0.324. The van der Waals surface area contributed by atoms with Gasteiger partial charge in [0.05, 0.1) is 13.3 Å². The van der Waals surface area contributed by atoms with Gasteiger partial charge in [-0.1, -0.05) is 0 Å². The van der Waals surface area contributed by atoms with E-state index in [2.05, 4.69) is 9.97 Å². The van der Waals surface area contributed by atoms with Crippen molar-refractivity contribution in [1.29, 1.82) is 0 Å². The van der Waals surface area contributed by atoms with Gasteiger partial charge >= 0.3 is 11.7 Å². The molecule has 1 aliphatic heterocycles. The maximum Gasteiger partial charge on any atom is 0.338 e. The first-order chi connectivity index (χ1) is 12.1. The van der Waals surface area contributed by atoms with Crippen LogP contribution in [0.5, 0.6) is 5.75 Å². The van der Waals surface area contributed by atoms with Crippen LogP contribution in [0.1, 0.15) is 6.42 Å². The van der Waals surface area contributed by atoms with E-state index in [0.29, 0.717) is 30.1 Å². The third kappa shape index (κ3) is 2.37. The maximum absolute atomic E-state index is 12.6. The second-order valence-corrected chi connectivity index (χ2v) is 5.93. The van der Waals surface area contributed by atoms with Crippen LogP contribution in [-0.2, 0) is 7.05 Å². The second-order valence-electron chi connectivity index (χ2n) is 5.93. The molecule has 1 aliphatic rings. The highest BCUT2D eigenvalue weighted by Crippen LogP contribution is 2.21. The van der Waals surface area contributed by atoms with Gasteiger partial charge in [0.2, 0.25) is 0 Å². The molecule has 0 aliphatic carbocycles. The van der Waals surface area contributed by atoms with E-state index >= 15 is 0 Å². The van der Waals surface area contributed by atoms with E-state index in [-0.39, 0.29) is 6.03 Å². The Morgan fingerprint density at radius 2 is 1.92 bits per heavy atom. The van der Waals surface area contributed by atoms with E-state index in [1.807, 2.05) is 24.3 Å². The summed E-state index contributed by atoms with van der Waals surface area (Å²) in [6.07, 6.45) is 2.53. The molecule has 1 amide bonds. The lowest BCUT2D eigenvalue weighted by Gasteiger charge is -2.30. The zero-order valence-corrected chi connectivity index (χ0v) is 14.0. The van der Waals surface area contributed by atoms with Gasteiger partial charge in [-0.3, -0.25) is 4.57 Å². The molecule has 1 fully saturated rings. The highest BCUT2D eigenvalue weighted by molar-refractivity contribution is 5.88. The van der Waals surface area contributed by atoms with E-state index < -0.39 is 5.69 Å². The van der Waals surface area contributed by atoms with Crippen LogP contribution in [0, 0.1) is 0 Å². The molecule has 0 radical (unpaired) electrons. The smallest absolute Gasteiger partial charge is 0.338 e. The Kier molecular flexibility index (Phi) is 3.52. The van der Waals surface area contributed by atoms with E-state index in [0.717, 1.165) is 22.3 Å². The molecule has 3 heterocycles. The summed E-state index contributed by atoms with van der Waals surface area (Å²) in [4.78, 5) is 35.6. The van der Waals surface area contributed by atoms with E-state index in [9.17, 15) is 9.59 Å². The fourth-order valence-electron chi connectivity index (χ4n) is 2.81. The quantitative estimate of drug-likeness (QED) is 0.706. The molecule has 8 nitrogen and oxygen atoms in total. The number of likely N-dealkylation sites (tertiary alicyclic amines) is 1. The number of imidazole rings is 1. The molecule has 0 saturated carbocycles. The standard InChI is InChI=1S/C17H17N5O3/c1-20-13-10-18-14(11-4-6-12(25-2)7-5-11)19-15(13)22(16(20)23)17(24)21-8-3-9-21/h4-7,10H,3,8-9H2,1-2H3. The number of carbonyl (C=O) groups is 1. The second kappa shape index (κ2) is 5.73. The van der Waals surface area contributed by atoms with Crippen LogP contribution in [0.3, 0.4) is 0 Å². The highest BCUT2D eigenvalue weighted by atomic mass is 16.5. The molecule has 25 heavy (non-hydrogen) atoms. The van der Waals surface area contributed by atoms with Crippen molar-refractivity contribution in [3.05, 3.63) is 40.9 Å². The van der Waals surface area contributed by atoms with E-state index in [1.54, 1.807) is 25.3 Å². The first-order valence-electron chi connectivity index (χ1n) is 7.98. The lowest BCUT2D eigenvalue weighted by Crippen LogP contribution is -2.47. The minimum atomic E-state index is -0.409. The molecule has 4 rings (SSSR count).